The Labute approximate surface area is 178 Å². The molecule has 0 aliphatic carbocycles. The van der Waals surface area contributed by atoms with Gasteiger partial charge in [-0.2, -0.15) is 5.10 Å². The maximum absolute atomic E-state index is 13.2. The van der Waals surface area contributed by atoms with Crippen LogP contribution in [0.25, 0.3) is 5.69 Å². The van der Waals surface area contributed by atoms with Gasteiger partial charge in [0.25, 0.3) is 0 Å². The highest BCUT2D eigenvalue weighted by Crippen LogP contribution is 2.21. The van der Waals surface area contributed by atoms with Crippen LogP contribution in [0.15, 0.2) is 64.6 Å². The number of hydrogen-bond acceptors (Lipinski definition) is 3. The zero-order valence-corrected chi connectivity index (χ0v) is 17.7. The lowest BCUT2D eigenvalue weighted by Gasteiger charge is -2.09. The fourth-order valence-electron chi connectivity index (χ4n) is 2.93. The number of nitrogens with one attached hydrogen (secondary N) is 1. The van der Waals surface area contributed by atoms with E-state index >= 15 is 0 Å². The van der Waals surface area contributed by atoms with Gasteiger partial charge in [0, 0.05) is 44.7 Å². The van der Waals surface area contributed by atoms with Gasteiger partial charge in [0.1, 0.15) is 5.82 Å². The Kier molecular flexibility index (Phi) is 7.12. The highest BCUT2D eigenvalue weighted by Gasteiger charge is 2.09. The van der Waals surface area contributed by atoms with E-state index in [0.717, 1.165) is 27.5 Å². The number of hydrazone groups is 1. The molecule has 0 aliphatic rings. The minimum atomic E-state index is -0.269. The Morgan fingerprint density at radius 2 is 1.86 bits per heavy atom. The van der Waals surface area contributed by atoms with E-state index in [1.54, 1.807) is 30.1 Å². The highest BCUT2D eigenvalue weighted by molar-refractivity contribution is 7.99. The van der Waals surface area contributed by atoms with Crippen molar-refractivity contribution in [3.63, 3.8) is 0 Å². The van der Waals surface area contributed by atoms with Gasteiger partial charge in [-0.05, 0) is 68.4 Å². The number of nitrogens with zero attached hydrogens (tertiary/aromatic N) is 2. The van der Waals surface area contributed by atoms with E-state index < -0.39 is 0 Å². The van der Waals surface area contributed by atoms with Crippen LogP contribution in [0, 0.1) is 19.7 Å². The van der Waals surface area contributed by atoms with E-state index in [1.807, 2.05) is 48.7 Å². The molecule has 1 amide bonds. The van der Waals surface area contributed by atoms with Gasteiger partial charge in [0.2, 0.25) is 5.91 Å². The van der Waals surface area contributed by atoms with Crippen molar-refractivity contribution in [1.29, 1.82) is 0 Å². The molecule has 0 unspecified atom stereocenters. The molecule has 0 saturated heterocycles. The molecular weight excluding hydrogens is 409 g/mol. The van der Waals surface area contributed by atoms with Crippen molar-refractivity contribution >= 4 is 35.5 Å². The van der Waals surface area contributed by atoms with Gasteiger partial charge in [-0.15, -0.1) is 11.8 Å². The van der Waals surface area contributed by atoms with Gasteiger partial charge in [-0.3, -0.25) is 4.79 Å². The first-order chi connectivity index (χ1) is 13.9. The molecule has 7 heteroatoms. The number of halogens is 2. The van der Waals surface area contributed by atoms with Crippen LogP contribution in [0.2, 0.25) is 5.02 Å². The zero-order valence-electron chi connectivity index (χ0n) is 16.2. The Hall–Kier alpha value is -2.57. The van der Waals surface area contributed by atoms with Gasteiger partial charge >= 0.3 is 0 Å². The minimum absolute atomic E-state index is 0.143. The number of amides is 1. The Balaban J connectivity index is 1.54. The molecule has 0 spiro atoms. The number of hydrogen-bond donors (Lipinski definition) is 1. The number of rotatable bonds is 7. The largest absolute Gasteiger partial charge is 0.318 e. The molecule has 1 aromatic heterocycles. The van der Waals surface area contributed by atoms with Crippen LogP contribution in [0.3, 0.4) is 0 Å². The molecule has 1 heterocycles. The lowest BCUT2D eigenvalue weighted by atomic mass is 10.2. The molecule has 0 aliphatic heterocycles. The fraction of sp³-hybridized carbons (Fsp3) is 0.182. The third-order valence-corrected chi connectivity index (χ3v) is 5.63. The van der Waals surface area contributed by atoms with Gasteiger partial charge in [0.05, 0.1) is 6.21 Å². The van der Waals surface area contributed by atoms with E-state index in [0.29, 0.717) is 17.2 Å². The van der Waals surface area contributed by atoms with Crippen molar-refractivity contribution in [2.24, 2.45) is 5.10 Å². The van der Waals surface area contributed by atoms with Gasteiger partial charge < -0.3 is 4.57 Å². The van der Waals surface area contributed by atoms with Crippen molar-refractivity contribution in [2.75, 3.05) is 5.75 Å². The predicted molar refractivity (Wildman–Crippen MR) is 118 cm³/mol. The van der Waals surface area contributed by atoms with Crippen molar-refractivity contribution in [2.45, 2.75) is 25.2 Å². The van der Waals surface area contributed by atoms with Crippen LogP contribution in [0.1, 0.15) is 23.4 Å². The number of carbonyl (C=O) groups excluding carboxylic acids is 1. The molecule has 0 atom stereocenters. The summed E-state index contributed by atoms with van der Waals surface area (Å²) in [6, 6.07) is 15.8. The quantitative estimate of drug-likeness (QED) is 0.305. The number of benzene rings is 2. The van der Waals surface area contributed by atoms with Crippen LogP contribution < -0.4 is 5.43 Å². The van der Waals surface area contributed by atoms with E-state index in [2.05, 4.69) is 10.5 Å². The van der Waals surface area contributed by atoms with E-state index in [-0.39, 0.29) is 11.7 Å². The third kappa shape index (κ3) is 5.71. The smallest absolute Gasteiger partial charge is 0.240 e. The second-order valence-electron chi connectivity index (χ2n) is 6.48. The topological polar surface area (TPSA) is 46.4 Å². The summed E-state index contributed by atoms with van der Waals surface area (Å²) in [4.78, 5) is 13.1. The maximum atomic E-state index is 13.2. The maximum Gasteiger partial charge on any atom is 0.240 e. The molecule has 29 heavy (non-hydrogen) atoms. The van der Waals surface area contributed by atoms with Crippen molar-refractivity contribution in [3.05, 3.63) is 82.4 Å². The van der Waals surface area contributed by atoms with Gasteiger partial charge in [-0.1, -0.05) is 11.6 Å². The lowest BCUT2D eigenvalue weighted by Crippen LogP contribution is -2.17. The molecule has 3 rings (SSSR count). The predicted octanol–water partition coefficient (Wildman–Crippen LogP) is 5.52. The van der Waals surface area contributed by atoms with Gasteiger partial charge in [0.15, 0.2) is 0 Å². The highest BCUT2D eigenvalue weighted by atomic mass is 35.5. The van der Waals surface area contributed by atoms with E-state index in [9.17, 15) is 9.18 Å². The van der Waals surface area contributed by atoms with Gasteiger partial charge in [-0.25, -0.2) is 9.82 Å². The summed E-state index contributed by atoms with van der Waals surface area (Å²) >= 11 is 7.45. The first-order valence-corrected chi connectivity index (χ1v) is 10.5. The van der Waals surface area contributed by atoms with Crippen molar-refractivity contribution < 1.29 is 9.18 Å². The number of aryl methyl sites for hydroxylation is 1. The minimum Gasteiger partial charge on any atom is -0.318 e. The van der Waals surface area contributed by atoms with Crippen LogP contribution >= 0.6 is 23.4 Å². The molecule has 0 fully saturated rings. The van der Waals surface area contributed by atoms with Crippen LogP contribution in [-0.2, 0) is 4.79 Å². The summed E-state index contributed by atoms with van der Waals surface area (Å²) < 4.78 is 15.2. The molecule has 150 valence electrons. The molecule has 3 aromatic rings. The summed E-state index contributed by atoms with van der Waals surface area (Å²) in [6.07, 6.45) is 1.99. The Morgan fingerprint density at radius 3 is 2.55 bits per heavy atom. The summed E-state index contributed by atoms with van der Waals surface area (Å²) in [5.74, 6) is 0.243. The monoisotopic (exact) mass is 429 g/mol. The number of aromatic nitrogens is 1. The second kappa shape index (κ2) is 9.76. The van der Waals surface area contributed by atoms with E-state index in [4.69, 9.17) is 11.6 Å². The van der Waals surface area contributed by atoms with Crippen LogP contribution in [-0.4, -0.2) is 22.4 Å². The normalized spacial score (nSPS) is 11.2. The summed E-state index contributed by atoms with van der Waals surface area (Å²) in [5.41, 5.74) is 6.30. The average molecular weight is 430 g/mol. The first-order valence-electron chi connectivity index (χ1n) is 9.09. The van der Waals surface area contributed by atoms with Crippen molar-refractivity contribution in [3.8, 4) is 5.69 Å². The lowest BCUT2D eigenvalue weighted by molar-refractivity contribution is -0.120. The third-order valence-electron chi connectivity index (χ3n) is 4.36. The summed E-state index contributed by atoms with van der Waals surface area (Å²) in [7, 11) is 0. The zero-order chi connectivity index (χ0) is 20.8. The SMILES string of the molecule is Cc1cc(/C=N/NC(=O)CCSc2ccc(Cl)cc2)c(C)n1-c1ccc(F)cc1. The molecule has 0 radical (unpaired) electrons. The van der Waals surface area contributed by atoms with E-state index in [1.165, 1.54) is 12.1 Å². The molecule has 0 saturated carbocycles. The first kappa shape index (κ1) is 21.1. The summed E-state index contributed by atoms with van der Waals surface area (Å²) in [5, 5.41) is 4.77. The molecular formula is C22H21ClFN3OS. The van der Waals surface area contributed by atoms with Crippen molar-refractivity contribution in [1.82, 2.24) is 9.99 Å². The molecule has 1 N–H and O–H groups in total. The Morgan fingerprint density at radius 1 is 1.17 bits per heavy atom. The number of thioether (sulfide) groups is 1. The van der Waals surface area contributed by atoms with Crippen LogP contribution in [0.5, 0.6) is 0 Å². The second-order valence-corrected chi connectivity index (χ2v) is 8.09. The molecule has 4 nitrogen and oxygen atoms in total. The number of carbonyl (C=O) groups is 1. The summed E-state index contributed by atoms with van der Waals surface area (Å²) in [6.45, 7) is 3.93. The Bertz CT molecular complexity index is 1010. The fourth-order valence-corrected chi connectivity index (χ4v) is 3.91. The standard InChI is InChI=1S/C22H21ClFN3OS/c1-15-13-17(16(2)27(15)20-7-5-19(24)6-8-20)14-25-26-22(28)11-12-29-21-9-3-18(23)4-10-21/h3-10,13-14H,11-12H2,1-2H3,(H,26,28)/b25-14+. The molecule has 0 bridgehead atoms. The van der Waals surface area contributed by atoms with Crippen LogP contribution in [0.4, 0.5) is 4.39 Å². The molecule has 2 aromatic carbocycles. The average Bonchev–Trinajstić information content (AvgIpc) is 2.98.